The Morgan fingerprint density at radius 2 is 1.75 bits per heavy atom. The molecule has 6 nitrogen and oxygen atoms in total. The van der Waals surface area contributed by atoms with E-state index >= 15 is 0 Å². The lowest BCUT2D eigenvalue weighted by Crippen LogP contribution is -2.01. The van der Waals surface area contributed by atoms with Crippen LogP contribution in [0, 0.1) is 0 Å². The molecule has 0 aliphatic heterocycles. The fourth-order valence-corrected chi connectivity index (χ4v) is 1.07. The van der Waals surface area contributed by atoms with Crippen LogP contribution in [0.1, 0.15) is 33.6 Å². The van der Waals surface area contributed by atoms with E-state index in [0.717, 1.165) is 6.42 Å². The van der Waals surface area contributed by atoms with Gasteiger partial charge < -0.3 is 19.3 Å². The fourth-order valence-electron chi connectivity index (χ4n) is 0.647. The number of hydrogen-bond donors (Lipinski definition) is 2. The highest BCUT2D eigenvalue weighted by Gasteiger charge is 2.10. The highest BCUT2D eigenvalue weighted by Crippen LogP contribution is 2.33. The molecule has 7 heteroatoms. The summed E-state index contributed by atoms with van der Waals surface area (Å²) in [7, 11) is -3.90. The predicted molar refractivity (Wildman–Crippen MR) is 60.1 cm³/mol. The van der Waals surface area contributed by atoms with Gasteiger partial charge in [-0.05, 0) is 20.3 Å². The molecular weight excluding hydrogens is 235 g/mol. The number of hydrogen-bond acceptors (Lipinski definition) is 4. The largest absolute Gasteiger partial charge is 0.466 e. The molecule has 0 rings (SSSR count). The summed E-state index contributed by atoms with van der Waals surface area (Å²) in [5.41, 5.74) is 0. The maximum absolute atomic E-state index is 10.4. The second kappa shape index (κ2) is 11.1. The first-order valence-electron chi connectivity index (χ1n) is 5.15. The lowest BCUT2D eigenvalue weighted by molar-refractivity contribution is -0.143. The first-order valence-corrected chi connectivity index (χ1v) is 6.95. The van der Waals surface area contributed by atoms with Crippen LogP contribution in [0.4, 0.5) is 0 Å². The molecule has 16 heavy (non-hydrogen) atoms. The molecule has 0 aliphatic carbocycles. The number of carbonyl (C=O) groups is 1. The highest BCUT2D eigenvalue weighted by atomic mass is 31.2. The van der Waals surface area contributed by atoms with Gasteiger partial charge in [0.05, 0.1) is 6.61 Å². The van der Waals surface area contributed by atoms with Crippen molar-refractivity contribution in [1.82, 2.24) is 0 Å². The van der Waals surface area contributed by atoms with Crippen molar-refractivity contribution in [3.05, 3.63) is 0 Å². The smallest absolute Gasteiger partial charge is 0.350 e. The maximum Gasteiger partial charge on any atom is 0.350 e. The van der Waals surface area contributed by atoms with Gasteiger partial charge in [-0.2, -0.15) is 0 Å². The van der Waals surface area contributed by atoms with Gasteiger partial charge in [0.25, 0.3) is 0 Å². The molecule has 0 radical (unpaired) electrons. The molecule has 0 saturated carbocycles. The van der Waals surface area contributed by atoms with E-state index in [1.54, 1.807) is 6.92 Å². The van der Waals surface area contributed by atoms with Crippen LogP contribution in [0.3, 0.4) is 0 Å². The van der Waals surface area contributed by atoms with Crippen molar-refractivity contribution in [1.29, 1.82) is 0 Å². The molecule has 0 heterocycles. The number of ether oxygens (including phenoxy) is 2. The molecule has 0 amide bonds. The lowest BCUT2D eigenvalue weighted by Gasteiger charge is -2.00. The lowest BCUT2D eigenvalue weighted by atomic mass is 10.3. The van der Waals surface area contributed by atoms with E-state index in [0.29, 0.717) is 19.6 Å². The molecule has 0 atom stereocenters. The molecule has 0 saturated heterocycles. The minimum atomic E-state index is -3.90. The quantitative estimate of drug-likeness (QED) is 0.552. The van der Waals surface area contributed by atoms with Crippen molar-refractivity contribution in [3.63, 3.8) is 0 Å². The Kier molecular flexibility index (Phi) is 12.4. The molecule has 0 aliphatic rings. The average Bonchev–Trinajstić information content (AvgIpc) is 2.15. The zero-order valence-corrected chi connectivity index (χ0v) is 10.9. The van der Waals surface area contributed by atoms with E-state index < -0.39 is 13.9 Å². The van der Waals surface area contributed by atoms with E-state index in [9.17, 15) is 9.36 Å². The van der Waals surface area contributed by atoms with E-state index in [1.807, 2.05) is 13.8 Å². The molecule has 98 valence electrons. The van der Waals surface area contributed by atoms with Gasteiger partial charge in [0.1, 0.15) is 6.35 Å². The summed E-state index contributed by atoms with van der Waals surface area (Å²) in [6, 6.07) is 0. The first-order chi connectivity index (χ1) is 7.37. The zero-order chi connectivity index (χ0) is 13.0. The highest BCUT2D eigenvalue weighted by molar-refractivity contribution is 7.51. The van der Waals surface area contributed by atoms with Crippen molar-refractivity contribution in [3.8, 4) is 0 Å². The molecule has 0 bridgehead atoms. The molecule has 0 aromatic heterocycles. The van der Waals surface area contributed by atoms with Crippen LogP contribution in [0.5, 0.6) is 0 Å². The minimum absolute atomic E-state index is 0.0880. The van der Waals surface area contributed by atoms with Crippen LogP contribution in [0.2, 0.25) is 0 Å². The monoisotopic (exact) mass is 256 g/mol. The molecule has 0 spiro atoms. The summed E-state index contributed by atoms with van der Waals surface area (Å²) in [6.07, 6.45) is 0.955. The predicted octanol–water partition coefficient (Wildman–Crippen LogP) is 1.51. The molecule has 0 aromatic carbocycles. The minimum Gasteiger partial charge on any atom is -0.466 e. The van der Waals surface area contributed by atoms with Crippen molar-refractivity contribution in [2.24, 2.45) is 0 Å². The van der Waals surface area contributed by atoms with Crippen LogP contribution < -0.4 is 0 Å². The molecule has 2 N–H and O–H groups in total. The third kappa shape index (κ3) is 19.2. The zero-order valence-electron chi connectivity index (χ0n) is 10.0. The molecule has 0 unspecified atom stereocenters. The summed E-state index contributed by atoms with van der Waals surface area (Å²) < 4.78 is 19.0. The first kappa shape index (κ1) is 18.0. The fraction of sp³-hybridized carbons (Fsp3) is 0.889. The average molecular weight is 256 g/mol. The van der Waals surface area contributed by atoms with E-state index in [4.69, 9.17) is 9.79 Å². The summed E-state index contributed by atoms with van der Waals surface area (Å²) in [5.74, 6) is -0.0880. The van der Waals surface area contributed by atoms with Crippen molar-refractivity contribution >= 4 is 13.6 Å². The second-order valence-electron chi connectivity index (χ2n) is 2.84. The Morgan fingerprint density at radius 1 is 1.19 bits per heavy atom. The Bertz CT molecular complexity index is 204. The van der Waals surface area contributed by atoms with Crippen LogP contribution in [0.15, 0.2) is 0 Å². The van der Waals surface area contributed by atoms with Crippen LogP contribution in [-0.2, 0) is 18.8 Å². The molecule has 0 fully saturated rings. The van der Waals surface area contributed by atoms with E-state index in [1.165, 1.54) is 0 Å². The van der Waals surface area contributed by atoms with Crippen LogP contribution >= 0.6 is 7.60 Å². The van der Waals surface area contributed by atoms with Gasteiger partial charge >= 0.3 is 13.6 Å². The third-order valence-corrected chi connectivity index (χ3v) is 1.74. The van der Waals surface area contributed by atoms with Crippen molar-refractivity contribution in [2.45, 2.75) is 33.6 Å². The number of rotatable bonds is 6. The van der Waals surface area contributed by atoms with Gasteiger partial charge in [0, 0.05) is 13.0 Å². The summed E-state index contributed by atoms with van der Waals surface area (Å²) in [6.45, 7) is 6.28. The molecular formula is C9H21O6P. The van der Waals surface area contributed by atoms with Crippen molar-refractivity contribution in [2.75, 3.05) is 19.6 Å². The van der Waals surface area contributed by atoms with Crippen LogP contribution in [0.25, 0.3) is 0 Å². The van der Waals surface area contributed by atoms with E-state index in [2.05, 4.69) is 9.47 Å². The summed E-state index contributed by atoms with van der Waals surface area (Å²) in [5, 5.41) is 0. The van der Waals surface area contributed by atoms with Gasteiger partial charge in [-0.1, -0.05) is 6.92 Å². The number of carbonyl (C=O) groups excluding carboxylic acids is 1. The SMILES string of the molecule is CCCC(=O)OCC.CCOCP(=O)(O)O. The molecule has 0 aromatic rings. The summed E-state index contributed by atoms with van der Waals surface area (Å²) in [4.78, 5) is 26.7. The van der Waals surface area contributed by atoms with E-state index in [-0.39, 0.29) is 5.97 Å². The van der Waals surface area contributed by atoms with Gasteiger partial charge in [-0.15, -0.1) is 0 Å². The maximum atomic E-state index is 10.4. The third-order valence-electron chi connectivity index (χ3n) is 1.22. The summed E-state index contributed by atoms with van der Waals surface area (Å²) >= 11 is 0. The topological polar surface area (TPSA) is 93.1 Å². The van der Waals surface area contributed by atoms with Crippen molar-refractivity contribution < 1.29 is 28.6 Å². The second-order valence-corrected chi connectivity index (χ2v) is 4.43. The Balaban J connectivity index is 0. The normalized spacial score (nSPS) is 10.3. The Hall–Kier alpha value is -0.420. The Labute approximate surface area is 96.1 Å². The standard InChI is InChI=1S/C6H12O2.C3H9O4P/c1-3-5-6(7)8-4-2;1-2-7-3-8(4,5)6/h3-5H2,1-2H3;2-3H2,1H3,(H2,4,5,6). The van der Waals surface area contributed by atoms with Gasteiger partial charge in [0.15, 0.2) is 0 Å². The van der Waals surface area contributed by atoms with Gasteiger partial charge in [-0.3, -0.25) is 9.36 Å². The van der Waals surface area contributed by atoms with Gasteiger partial charge in [-0.25, -0.2) is 0 Å². The Morgan fingerprint density at radius 3 is 2.00 bits per heavy atom. The van der Waals surface area contributed by atoms with Crippen LogP contribution in [-0.4, -0.2) is 35.3 Å². The van der Waals surface area contributed by atoms with Gasteiger partial charge in [0.2, 0.25) is 0 Å². The number of esters is 1.